The maximum absolute atomic E-state index is 13.1. The SMILES string of the molecule is Cc1ccc(S(=O)(=O)n2cc3c4c(cccc42)NC(CN)C3)cc1. The van der Waals surface area contributed by atoms with Crippen molar-refractivity contribution in [1.29, 1.82) is 0 Å². The maximum Gasteiger partial charge on any atom is 0.268 e. The van der Waals surface area contributed by atoms with Crippen LogP contribution in [0.1, 0.15) is 11.1 Å². The Labute approximate surface area is 141 Å². The molecule has 1 atom stereocenters. The molecule has 6 heteroatoms. The average Bonchev–Trinajstić information content (AvgIpc) is 2.96. The Bertz CT molecular complexity index is 1020. The fourth-order valence-electron chi connectivity index (χ4n) is 3.31. The summed E-state index contributed by atoms with van der Waals surface area (Å²) in [5.41, 5.74) is 9.49. The van der Waals surface area contributed by atoms with E-state index in [1.54, 1.807) is 18.3 Å². The van der Waals surface area contributed by atoms with Gasteiger partial charge in [-0.05, 0) is 43.2 Å². The first-order chi connectivity index (χ1) is 11.5. The standard InChI is InChI=1S/C18H19N3O2S/c1-12-5-7-15(8-6-12)24(22,23)21-11-13-9-14(10-19)20-16-3-2-4-17(21)18(13)16/h2-8,11,14,20H,9-10,19H2,1H3. The summed E-state index contributed by atoms with van der Waals surface area (Å²) in [4.78, 5) is 0.296. The molecule has 1 aliphatic rings. The minimum absolute atomic E-state index is 0.126. The monoisotopic (exact) mass is 341 g/mol. The van der Waals surface area contributed by atoms with Crippen LogP contribution in [0.15, 0.2) is 53.6 Å². The number of nitrogens with one attached hydrogen (secondary N) is 1. The first-order valence-electron chi connectivity index (χ1n) is 7.92. The zero-order valence-electron chi connectivity index (χ0n) is 13.4. The van der Waals surface area contributed by atoms with Gasteiger partial charge in [0.15, 0.2) is 0 Å². The fourth-order valence-corrected chi connectivity index (χ4v) is 4.70. The lowest BCUT2D eigenvalue weighted by Crippen LogP contribution is -2.33. The van der Waals surface area contributed by atoms with Crippen LogP contribution in [0.4, 0.5) is 5.69 Å². The Balaban J connectivity index is 1.93. The third-order valence-corrected chi connectivity index (χ3v) is 6.25. The highest BCUT2D eigenvalue weighted by atomic mass is 32.2. The van der Waals surface area contributed by atoms with Gasteiger partial charge in [-0.3, -0.25) is 0 Å². The third kappa shape index (κ3) is 2.22. The molecule has 1 unspecified atom stereocenters. The van der Waals surface area contributed by atoms with Crippen LogP contribution in [-0.4, -0.2) is 25.0 Å². The van der Waals surface area contributed by atoms with Gasteiger partial charge in [-0.15, -0.1) is 0 Å². The second-order valence-electron chi connectivity index (χ2n) is 6.25. The van der Waals surface area contributed by atoms with Gasteiger partial charge < -0.3 is 11.1 Å². The minimum atomic E-state index is -3.63. The highest BCUT2D eigenvalue weighted by Crippen LogP contribution is 2.35. The molecule has 124 valence electrons. The summed E-state index contributed by atoms with van der Waals surface area (Å²) in [6, 6.07) is 12.7. The van der Waals surface area contributed by atoms with E-state index in [4.69, 9.17) is 5.73 Å². The number of anilines is 1. The van der Waals surface area contributed by atoms with E-state index in [1.165, 1.54) is 3.97 Å². The molecule has 0 aliphatic carbocycles. The first-order valence-corrected chi connectivity index (χ1v) is 9.36. The molecule has 1 aliphatic heterocycles. The van der Waals surface area contributed by atoms with Gasteiger partial charge in [0.25, 0.3) is 10.0 Å². The molecule has 0 spiro atoms. The van der Waals surface area contributed by atoms with Crippen molar-refractivity contribution in [3.8, 4) is 0 Å². The number of hydrogen-bond acceptors (Lipinski definition) is 4. The van der Waals surface area contributed by atoms with E-state index < -0.39 is 10.0 Å². The number of aromatic nitrogens is 1. The number of rotatable bonds is 3. The molecule has 0 fully saturated rings. The molecular weight excluding hydrogens is 322 g/mol. The normalized spacial score (nSPS) is 17.0. The molecule has 24 heavy (non-hydrogen) atoms. The average molecular weight is 341 g/mol. The van der Waals surface area contributed by atoms with Crippen molar-refractivity contribution < 1.29 is 8.42 Å². The molecule has 0 bridgehead atoms. The molecule has 2 heterocycles. The second kappa shape index (κ2) is 5.36. The molecule has 1 aromatic heterocycles. The Hall–Kier alpha value is -2.31. The van der Waals surface area contributed by atoms with E-state index in [2.05, 4.69) is 5.32 Å². The van der Waals surface area contributed by atoms with Crippen LogP contribution in [0, 0.1) is 6.92 Å². The molecule has 0 radical (unpaired) electrons. The topological polar surface area (TPSA) is 77.1 Å². The number of nitrogens with zero attached hydrogens (tertiary/aromatic N) is 1. The van der Waals surface area contributed by atoms with Gasteiger partial charge in [0, 0.05) is 29.9 Å². The number of nitrogens with two attached hydrogens (primary N) is 1. The van der Waals surface area contributed by atoms with Crippen molar-refractivity contribution in [3.63, 3.8) is 0 Å². The van der Waals surface area contributed by atoms with E-state index in [0.29, 0.717) is 17.0 Å². The Morgan fingerprint density at radius 1 is 1.21 bits per heavy atom. The molecule has 0 amide bonds. The van der Waals surface area contributed by atoms with Gasteiger partial charge in [-0.1, -0.05) is 23.8 Å². The largest absolute Gasteiger partial charge is 0.380 e. The van der Waals surface area contributed by atoms with Crippen LogP contribution < -0.4 is 11.1 Å². The predicted molar refractivity (Wildman–Crippen MR) is 95.9 cm³/mol. The summed E-state index contributed by atoms with van der Waals surface area (Å²) in [5, 5.41) is 4.36. The highest BCUT2D eigenvalue weighted by molar-refractivity contribution is 7.90. The van der Waals surface area contributed by atoms with Gasteiger partial charge >= 0.3 is 0 Å². The lowest BCUT2D eigenvalue weighted by molar-refractivity contribution is 0.589. The van der Waals surface area contributed by atoms with E-state index >= 15 is 0 Å². The summed E-state index contributed by atoms with van der Waals surface area (Å²) in [7, 11) is -3.63. The molecule has 3 aromatic rings. The minimum Gasteiger partial charge on any atom is -0.380 e. The highest BCUT2D eigenvalue weighted by Gasteiger charge is 2.26. The predicted octanol–water partition coefficient (Wildman–Crippen LogP) is 2.48. The number of benzene rings is 2. The van der Waals surface area contributed by atoms with Crippen molar-refractivity contribution in [3.05, 3.63) is 59.8 Å². The molecule has 4 rings (SSSR count). The molecule has 0 saturated heterocycles. The van der Waals surface area contributed by atoms with Gasteiger partial charge in [0.1, 0.15) is 0 Å². The molecule has 5 nitrogen and oxygen atoms in total. The summed E-state index contributed by atoms with van der Waals surface area (Å²) >= 11 is 0. The molecule has 3 N–H and O–H groups in total. The summed E-state index contributed by atoms with van der Waals surface area (Å²) < 4.78 is 27.6. The van der Waals surface area contributed by atoms with Gasteiger partial charge in [-0.25, -0.2) is 12.4 Å². The number of aryl methyl sites for hydroxylation is 1. The quantitative estimate of drug-likeness (QED) is 0.767. The third-order valence-electron chi connectivity index (χ3n) is 4.56. The van der Waals surface area contributed by atoms with Crippen molar-refractivity contribution in [2.75, 3.05) is 11.9 Å². The Kier molecular flexibility index (Phi) is 3.40. The summed E-state index contributed by atoms with van der Waals surface area (Å²) in [6.45, 7) is 2.44. The lowest BCUT2D eigenvalue weighted by Gasteiger charge is -2.23. The van der Waals surface area contributed by atoms with E-state index in [9.17, 15) is 8.42 Å². The Morgan fingerprint density at radius 2 is 1.96 bits per heavy atom. The van der Waals surface area contributed by atoms with Gasteiger partial charge in [0.05, 0.1) is 10.4 Å². The van der Waals surface area contributed by atoms with Crippen LogP contribution in [0.3, 0.4) is 0 Å². The van der Waals surface area contributed by atoms with Gasteiger partial charge in [-0.2, -0.15) is 0 Å². The van der Waals surface area contributed by atoms with E-state index in [1.807, 2.05) is 37.3 Å². The van der Waals surface area contributed by atoms with E-state index in [-0.39, 0.29) is 6.04 Å². The fraction of sp³-hybridized carbons (Fsp3) is 0.222. The lowest BCUT2D eigenvalue weighted by atomic mass is 9.99. The Morgan fingerprint density at radius 3 is 2.67 bits per heavy atom. The molecule has 2 aromatic carbocycles. The van der Waals surface area contributed by atoms with Crippen LogP contribution in [0.25, 0.3) is 10.9 Å². The van der Waals surface area contributed by atoms with Crippen molar-refractivity contribution in [2.45, 2.75) is 24.3 Å². The van der Waals surface area contributed by atoms with Crippen molar-refractivity contribution in [2.24, 2.45) is 5.73 Å². The van der Waals surface area contributed by atoms with Crippen molar-refractivity contribution >= 4 is 26.6 Å². The van der Waals surface area contributed by atoms with Gasteiger partial charge in [0.2, 0.25) is 0 Å². The van der Waals surface area contributed by atoms with Crippen molar-refractivity contribution in [1.82, 2.24) is 3.97 Å². The zero-order chi connectivity index (χ0) is 16.9. The zero-order valence-corrected chi connectivity index (χ0v) is 14.2. The summed E-state index contributed by atoms with van der Waals surface area (Å²) in [6.07, 6.45) is 2.47. The van der Waals surface area contributed by atoms with Crippen LogP contribution in [0.2, 0.25) is 0 Å². The smallest absolute Gasteiger partial charge is 0.268 e. The maximum atomic E-state index is 13.1. The first kappa shape index (κ1) is 15.2. The van der Waals surface area contributed by atoms with E-state index in [0.717, 1.165) is 28.6 Å². The molecule has 0 saturated carbocycles. The van der Waals surface area contributed by atoms with Crippen LogP contribution in [0.5, 0.6) is 0 Å². The number of hydrogen-bond donors (Lipinski definition) is 2. The molecular formula is C18H19N3O2S. The second-order valence-corrected chi connectivity index (χ2v) is 8.06. The van der Waals surface area contributed by atoms with Crippen LogP contribution in [-0.2, 0) is 16.4 Å². The summed E-state index contributed by atoms with van der Waals surface area (Å²) in [5.74, 6) is 0. The van der Waals surface area contributed by atoms with Crippen LogP contribution >= 0.6 is 0 Å².